The lowest BCUT2D eigenvalue weighted by molar-refractivity contribution is 0.173. The van der Waals surface area contributed by atoms with Crippen LogP contribution in [-0.4, -0.2) is 34.9 Å². The molecule has 23 heavy (non-hydrogen) atoms. The zero-order chi connectivity index (χ0) is 15.8. The number of nitrogens with zero attached hydrogens (tertiary/aromatic N) is 3. The maximum atomic E-state index is 6.25. The summed E-state index contributed by atoms with van der Waals surface area (Å²) in [5.74, 6) is 3.24. The molecule has 2 aromatic rings. The average molecular weight is 336 g/mol. The Bertz CT molecular complexity index is 711. The van der Waals surface area contributed by atoms with Crippen molar-refractivity contribution in [1.82, 2.24) is 15.0 Å². The lowest BCUT2D eigenvalue weighted by Crippen LogP contribution is -2.32. The number of hydrogen-bond donors (Lipinski definition) is 0. The summed E-state index contributed by atoms with van der Waals surface area (Å²) in [5, 5.41) is 4.50. The molecule has 7 heteroatoms. The van der Waals surface area contributed by atoms with Crippen LogP contribution in [0.15, 0.2) is 16.7 Å². The molecule has 0 N–H and O–H groups in total. The minimum Gasteiger partial charge on any atom is -0.454 e. The number of benzene rings is 1. The smallest absolute Gasteiger partial charge is 0.231 e. The summed E-state index contributed by atoms with van der Waals surface area (Å²) in [4.78, 5) is 6.76. The molecular formula is C16H18ClN3O3. The van der Waals surface area contributed by atoms with Crippen molar-refractivity contribution in [3.63, 3.8) is 0 Å². The molecule has 1 aromatic heterocycles. The number of fused-ring (bicyclic) bond motifs is 1. The van der Waals surface area contributed by atoms with E-state index < -0.39 is 0 Å². The molecule has 2 aliphatic heterocycles. The molecule has 0 atom stereocenters. The van der Waals surface area contributed by atoms with E-state index in [0.717, 1.165) is 49.7 Å². The number of ether oxygens (including phenoxy) is 2. The quantitative estimate of drug-likeness (QED) is 0.858. The minimum atomic E-state index is 0.244. The molecule has 0 spiro atoms. The van der Waals surface area contributed by atoms with E-state index >= 15 is 0 Å². The first-order valence-corrected chi connectivity index (χ1v) is 8.17. The Morgan fingerprint density at radius 2 is 2.09 bits per heavy atom. The van der Waals surface area contributed by atoms with Crippen LogP contribution in [0.1, 0.15) is 36.0 Å². The summed E-state index contributed by atoms with van der Waals surface area (Å²) in [5.41, 5.74) is 1.14. The van der Waals surface area contributed by atoms with Gasteiger partial charge in [0.1, 0.15) is 0 Å². The van der Waals surface area contributed by atoms with Gasteiger partial charge in [-0.25, -0.2) is 0 Å². The van der Waals surface area contributed by atoms with Crippen molar-refractivity contribution in [2.75, 3.05) is 19.9 Å². The molecule has 0 unspecified atom stereocenters. The van der Waals surface area contributed by atoms with Crippen LogP contribution in [0.2, 0.25) is 5.02 Å². The van der Waals surface area contributed by atoms with Crippen molar-refractivity contribution in [1.29, 1.82) is 0 Å². The zero-order valence-corrected chi connectivity index (χ0v) is 13.7. The Labute approximate surface area is 139 Å². The molecule has 0 amide bonds. The van der Waals surface area contributed by atoms with Gasteiger partial charge in [0, 0.05) is 12.5 Å². The van der Waals surface area contributed by atoms with E-state index in [1.165, 1.54) is 0 Å². The Hall–Kier alpha value is -1.79. The molecular weight excluding hydrogens is 318 g/mol. The molecule has 1 fully saturated rings. The van der Waals surface area contributed by atoms with Gasteiger partial charge in [-0.15, -0.1) is 0 Å². The third-order valence-corrected chi connectivity index (χ3v) is 4.65. The van der Waals surface area contributed by atoms with Crippen molar-refractivity contribution in [2.45, 2.75) is 32.2 Å². The molecule has 6 nitrogen and oxygen atoms in total. The number of aromatic nitrogens is 2. The van der Waals surface area contributed by atoms with E-state index in [9.17, 15) is 0 Å². The van der Waals surface area contributed by atoms with Gasteiger partial charge in [0.15, 0.2) is 17.3 Å². The summed E-state index contributed by atoms with van der Waals surface area (Å²) < 4.78 is 16.1. The third-order valence-electron chi connectivity index (χ3n) is 4.37. The van der Waals surface area contributed by atoms with Gasteiger partial charge in [0.05, 0.1) is 5.02 Å². The van der Waals surface area contributed by atoms with Crippen molar-refractivity contribution < 1.29 is 14.0 Å². The first-order chi connectivity index (χ1) is 11.2. The maximum Gasteiger partial charge on any atom is 0.231 e. The van der Waals surface area contributed by atoms with Crippen LogP contribution >= 0.6 is 11.6 Å². The fourth-order valence-corrected chi connectivity index (χ4v) is 3.48. The van der Waals surface area contributed by atoms with Gasteiger partial charge >= 0.3 is 0 Å². The average Bonchev–Trinajstić information content (AvgIpc) is 3.17. The SMILES string of the molecule is Cc1noc(C2CCN(Cc3cc(Cl)c4c(c3)OCO4)CC2)n1. The highest BCUT2D eigenvalue weighted by Crippen LogP contribution is 2.40. The molecule has 4 rings (SSSR count). The van der Waals surface area contributed by atoms with Crippen molar-refractivity contribution in [3.8, 4) is 11.5 Å². The topological polar surface area (TPSA) is 60.6 Å². The largest absolute Gasteiger partial charge is 0.454 e. The lowest BCUT2D eigenvalue weighted by atomic mass is 9.96. The minimum absolute atomic E-state index is 0.244. The summed E-state index contributed by atoms with van der Waals surface area (Å²) in [6.45, 7) is 4.95. The summed E-state index contributed by atoms with van der Waals surface area (Å²) in [7, 11) is 0. The van der Waals surface area contributed by atoms with Crippen LogP contribution in [0.25, 0.3) is 0 Å². The van der Waals surface area contributed by atoms with Crippen LogP contribution < -0.4 is 9.47 Å². The van der Waals surface area contributed by atoms with Crippen molar-refractivity contribution in [3.05, 3.63) is 34.4 Å². The Kier molecular flexibility index (Phi) is 3.87. The summed E-state index contributed by atoms with van der Waals surface area (Å²) in [6, 6.07) is 3.98. The predicted octanol–water partition coefficient (Wildman–Crippen LogP) is 3.14. The number of likely N-dealkylation sites (tertiary alicyclic amines) is 1. The van der Waals surface area contributed by atoms with E-state index in [4.69, 9.17) is 25.6 Å². The molecule has 122 valence electrons. The first kappa shape index (κ1) is 14.8. The second-order valence-electron chi connectivity index (χ2n) is 6.04. The fourth-order valence-electron chi connectivity index (χ4n) is 3.19. The van der Waals surface area contributed by atoms with E-state index in [2.05, 4.69) is 15.0 Å². The van der Waals surface area contributed by atoms with Crippen LogP contribution in [0.5, 0.6) is 11.5 Å². The predicted molar refractivity (Wildman–Crippen MR) is 83.9 cm³/mol. The highest BCUT2D eigenvalue weighted by atomic mass is 35.5. The van der Waals surface area contributed by atoms with Crippen LogP contribution in [0.4, 0.5) is 0 Å². The number of aryl methyl sites for hydroxylation is 1. The van der Waals surface area contributed by atoms with E-state index in [-0.39, 0.29) is 6.79 Å². The molecule has 0 aliphatic carbocycles. The van der Waals surface area contributed by atoms with Crippen molar-refractivity contribution in [2.24, 2.45) is 0 Å². The standard InChI is InChI=1S/C16H18ClN3O3/c1-10-18-16(23-19-10)12-2-4-20(5-3-12)8-11-6-13(17)15-14(7-11)21-9-22-15/h6-7,12H,2-5,8-9H2,1H3. The molecule has 3 heterocycles. The van der Waals surface area contributed by atoms with Gasteiger partial charge in [0.2, 0.25) is 12.7 Å². The van der Waals surface area contributed by atoms with Crippen LogP contribution in [-0.2, 0) is 6.54 Å². The van der Waals surface area contributed by atoms with Gasteiger partial charge in [-0.1, -0.05) is 16.8 Å². The summed E-state index contributed by atoms with van der Waals surface area (Å²) in [6.07, 6.45) is 2.06. The number of piperidine rings is 1. The number of rotatable bonds is 3. The molecule has 1 saturated heterocycles. The Morgan fingerprint density at radius 1 is 1.26 bits per heavy atom. The lowest BCUT2D eigenvalue weighted by Gasteiger charge is -2.30. The number of hydrogen-bond acceptors (Lipinski definition) is 6. The van der Waals surface area contributed by atoms with Gasteiger partial charge < -0.3 is 14.0 Å². The van der Waals surface area contributed by atoms with E-state index in [0.29, 0.717) is 22.5 Å². The normalized spacial score (nSPS) is 18.5. The van der Waals surface area contributed by atoms with Gasteiger partial charge in [-0.05, 0) is 50.6 Å². The van der Waals surface area contributed by atoms with E-state index in [1.807, 2.05) is 19.1 Å². The number of halogens is 1. The zero-order valence-electron chi connectivity index (χ0n) is 12.9. The van der Waals surface area contributed by atoms with Gasteiger partial charge in [-0.2, -0.15) is 4.98 Å². The molecule has 0 radical (unpaired) electrons. The monoisotopic (exact) mass is 335 g/mol. The highest BCUT2D eigenvalue weighted by molar-refractivity contribution is 6.32. The van der Waals surface area contributed by atoms with Gasteiger partial charge in [-0.3, -0.25) is 4.90 Å². The Balaban J connectivity index is 1.39. The third kappa shape index (κ3) is 3.01. The first-order valence-electron chi connectivity index (χ1n) is 7.79. The van der Waals surface area contributed by atoms with Crippen molar-refractivity contribution >= 4 is 11.6 Å². The Morgan fingerprint density at radius 3 is 2.83 bits per heavy atom. The molecule has 2 aliphatic rings. The fraction of sp³-hybridized carbons (Fsp3) is 0.500. The van der Waals surface area contributed by atoms with Gasteiger partial charge in [0.25, 0.3) is 0 Å². The second-order valence-corrected chi connectivity index (χ2v) is 6.45. The summed E-state index contributed by atoms with van der Waals surface area (Å²) >= 11 is 6.25. The molecule has 0 bridgehead atoms. The van der Waals surface area contributed by atoms with E-state index in [1.54, 1.807) is 0 Å². The van der Waals surface area contributed by atoms with Crippen LogP contribution in [0.3, 0.4) is 0 Å². The van der Waals surface area contributed by atoms with Crippen LogP contribution in [0, 0.1) is 6.92 Å². The second kappa shape index (κ2) is 6.02. The molecule has 0 saturated carbocycles. The molecule has 1 aromatic carbocycles. The highest BCUT2D eigenvalue weighted by Gasteiger charge is 2.25. The maximum absolute atomic E-state index is 6.25.